The Morgan fingerprint density at radius 1 is 1.03 bits per heavy atom. The molecule has 0 saturated carbocycles. The van der Waals surface area contributed by atoms with Crippen molar-refractivity contribution in [3.05, 3.63) is 59.2 Å². The number of carbonyl (C=O) groups is 1. The van der Waals surface area contributed by atoms with E-state index in [0.717, 1.165) is 50.3 Å². The van der Waals surface area contributed by atoms with Crippen LogP contribution < -0.4 is 10.2 Å². The second-order valence-corrected chi connectivity index (χ2v) is 10.1. The number of phenols is 1. The van der Waals surface area contributed by atoms with Crippen LogP contribution in [0, 0.1) is 5.41 Å². The van der Waals surface area contributed by atoms with E-state index in [2.05, 4.69) is 54.1 Å². The third-order valence-electron chi connectivity index (χ3n) is 8.48. The highest BCUT2D eigenvalue weighted by molar-refractivity contribution is 5.95. The number of rotatable bonds is 2. The molecule has 2 heterocycles. The number of piperidine rings is 1. The number of hydrogen-bond acceptors (Lipinski definition) is 4. The van der Waals surface area contributed by atoms with Crippen LogP contribution in [0.2, 0.25) is 0 Å². The standard InChI is InChI=1S/C26H33N3O2/c1-25(2)23-17-20-21(5-4-6-22(20)30)26(25,3)11-14-29(23)24(31)18-7-9-19(10-8-18)28-15-12-27-13-16-28/h4-10,23,27,30H,11-17H2,1-3H3/t23-,26-/m0/s1. The molecule has 1 aliphatic carbocycles. The Hall–Kier alpha value is -2.53. The van der Waals surface area contributed by atoms with E-state index in [9.17, 15) is 9.90 Å². The number of aromatic hydroxyl groups is 1. The Morgan fingerprint density at radius 3 is 2.45 bits per heavy atom. The van der Waals surface area contributed by atoms with Gasteiger partial charge in [0.25, 0.3) is 5.91 Å². The molecular formula is C26H33N3O2. The van der Waals surface area contributed by atoms with E-state index < -0.39 is 0 Å². The van der Waals surface area contributed by atoms with Crippen LogP contribution in [0.4, 0.5) is 5.69 Å². The van der Waals surface area contributed by atoms with Gasteiger partial charge in [0.1, 0.15) is 5.75 Å². The number of nitrogens with zero attached hydrogens (tertiary/aromatic N) is 2. The molecule has 5 heteroatoms. The number of hydrogen-bond donors (Lipinski definition) is 2. The number of likely N-dealkylation sites (tertiary alicyclic amines) is 1. The smallest absolute Gasteiger partial charge is 0.254 e. The van der Waals surface area contributed by atoms with Crippen LogP contribution in [0.5, 0.6) is 5.75 Å². The molecule has 2 atom stereocenters. The lowest BCUT2D eigenvalue weighted by Gasteiger charge is -2.60. The van der Waals surface area contributed by atoms with E-state index in [1.165, 1.54) is 11.3 Å². The van der Waals surface area contributed by atoms with Crippen LogP contribution in [-0.2, 0) is 11.8 Å². The van der Waals surface area contributed by atoms with Gasteiger partial charge in [-0.2, -0.15) is 0 Å². The van der Waals surface area contributed by atoms with Crippen molar-refractivity contribution < 1.29 is 9.90 Å². The van der Waals surface area contributed by atoms with Crippen LogP contribution >= 0.6 is 0 Å². The summed E-state index contributed by atoms with van der Waals surface area (Å²) in [6, 6.07) is 14.1. The second-order valence-electron chi connectivity index (χ2n) is 10.1. The SMILES string of the molecule is CC1(C)[C@@H]2Cc3c(O)cccc3[C@]1(C)CCN2C(=O)c1ccc(N2CCNCC2)cc1. The number of piperazine rings is 1. The van der Waals surface area contributed by atoms with E-state index in [-0.39, 0.29) is 22.8 Å². The molecule has 2 bridgehead atoms. The first-order valence-corrected chi connectivity index (χ1v) is 11.5. The number of anilines is 1. The molecule has 2 aliphatic heterocycles. The minimum absolute atomic E-state index is 0.0624. The monoisotopic (exact) mass is 419 g/mol. The van der Waals surface area contributed by atoms with E-state index in [4.69, 9.17) is 0 Å². The third-order valence-corrected chi connectivity index (χ3v) is 8.48. The topological polar surface area (TPSA) is 55.8 Å². The zero-order valence-electron chi connectivity index (χ0n) is 18.8. The number of benzene rings is 2. The largest absolute Gasteiger partial charge is 0.508 e. The maximum absolute atomic E-state index is 13.6. The zero-order valence-corrected chi connectivity index (χ0v) is 18.8. The van der Waals surface area contributed by atoms with Crippen molar-refractivity contribution in [2.75, 3.05) is 37.6 Å². The van der Waals surface area contributed by atoms with Crippen molar-refractivity contribution in [1.29, 1.82) is 0 Å². The summed E-state index contributed by atoms with van der Waals surface area (Å²) in [5.74, 6) is 0.463. The van der Waals surface area contributed by atoms with Gasteiger partial charge in [-0.3, -0.25) is 4.79 Å². The minimum atomic E-state index is -0.0809. The van der Waals surface area contributed by atoms with Crippen LogP contribution in [0.3, 0.4) is 0 Å². The Morgan fingerprint density at radius 2 is 1.74 bits per heavy atom. The van der Waals surface area contributed by atoms with Crippen molar-refractivity contribution in [1.82, 2.24) is 10.2 Å². The lowest BCUT2D eigenvalue weighted by molar-refractivity contribution is -0.0266. The molecule has 0 spiro atoms. The summed E-state index contributed by atoms with van der Waals surface area (Å²) in [4.78, 5) is 18.0. The molecule has 2 aromatic carbocycles. The van der Waals surface area contributed by atoms with Gasteiger partial charge in [0.2, 0.25) is 0 Å². The molecule has 2 aromatic rings. The van der Waals surface area contributed by atoms with Gasteiger partial charge in [-0.05, 0) is 59.7 Å². The van der Waals surface area contributed by atoms with Crippen molar-refractivity contribution in [3.8, 4) is 5.75 Å². The fraction of sp³-hybridized carbons (Fsp3) is 0.500. The molecule has 2 N–H and O–H groups in total. The van der Waals surface area contributed by atoms with Crippen LogP contribution in [0.25, 0.3) is 0 Å². The molecule has 3 aliphatic rings. The van der Waals surface area contributed by atoms with E-state index in [1.54, 1.807) is 6.07 Å². The minimum Gasteiger partial charge on any atom is -0.508 e. The summed E-state index contributed by atoms with van der Waals surface area (Å²) < 4.78 is 0. The summed E-state index contributed by atoms with van der Waals surface area (Å²) in [6.45, 7) is 11.6. The fourth-order valence-corrected chi connectivity index (χ4v) is 6.07. The average Bonchev–Trinajstić information content (AvgIpc) is 2.77. The molecular weight excluding hydrogens is 386 g/mol. The van der Waals surface area contributed by atoms with Crippen LogP contribution in [-0.4, -0.2) is 54.7 Å². The van der Waals surface area contributed by atoms with E-state index in [0.29, 0.717) is 12.2 Å². The van der Waals surface area contributed by atoms with Crippen LogP contribution in [0.1, 0.15) is 48.7 Å². The highest BCUT2D eigenvalue weighted by Gasteiger charge is 2.57. The Balaban J connectivity index is 1.44. The van der Waals surface area contributed by atoms with Gasteiger partial charge >= 0.3 is 0 Å². The fourth-order valence-electron chi connectivity index (χ4n) is 6.07. The summed E-state index contributed by atoms with van der Waals surface area (Å²) in [6.07, 6.45) is 1.60. The molecule has 1 amide bonds. The molecule has 5 nitrogen and oxygen atoms in total. The molecule has 2 fully saturated rings. The van der Waals surface area contributed by atoms with Crippen molar-refractivity contribution in [2.24, 2.45) is 5.41 Å². The highest BCUT2D eigenvalue weighted by Crippen LogP contribution is 2.57. The lowest BCUT2D eigenvalue weighted by Crippen LogP contribution is -2.64. The van der Waals surface area contributed by atoms with Crippen molar-refractivity contribution in [2.45, 2.75) is 45.1 Å². The molecule has 2 saturated heterocycles. The number of carbonyl (C=O) groups excluding carboxylic acids is 1. The Kier molecular flexibility index (Phi) is 4.78. The molecule has 0 aromatic heterocycles. The lowest BCUT2D eigenvalue weighted by atomic mass is 9.51. The molecule has 31 heavy (non-hydrogen) atoms. The zero-order chi connectivity index (χ0) is 21.8. The maximum atomic E-state index is 13.6. The normalized spacial score (nSPS) is 27.0. The van der Waals surface area contributed by atoms with Crippen LogP contribution in [0.15, 0.2) is 42.5 Å². The van der Waals surface area contributed by atoms with E-state index in [1.807, 2.05) is 18.2 Å². The Labute approximate surface area is 185 Å². The van der Waals surface area contributed by atoms with E-state index >= 15 is 0 Å². The van der Waals surface area contributed by atoms with Gasteiger partial charge in [0, 0.05) is 55.4 Å². The second kappa shape index (κ2) is 7.27. The van der Waals surface area contributed by atoms with Gasteiger partial charge in [0.05, 0.1) is 0 Å². The van der Waals surface area contributed by atoms with Gasteiger partial charge in [0.15, 0.2) is 0 Å². The Bertz CT molecular complexity index is 994. The first-order chi connectivity index (χ1) is 14.8. The molecule has 164 valence electrons. The highest BCUT2D eigenvalue weighted by atomic mass is 16.3. The first kappa shape index (κ1) is 20.4. The van der Waals surface area contributed by atoms with Gasteiger partial charge in [-0.1, -0.05) is 32.9 Å². The predicted octanol–water partition coefficient (Wildman–Crippen LogP) is 3.56. The summed E-state index contributed by atoms with van der Waals surface area (Å²) in [5.41, 5.74) is 4.06. The summed E-state index contributed by atoms with van der Waals surface area (Å²) >= 11 is 0. The predicted molar refractivity (Wildman–Crippen MR) is 124 cm³/mol. The number of phenolic OH excluding ortho intramolecular Hbond substituents is 1. The number of fused-ring (bicyclic) bond motifs is 4. The molecule has 0 unspecified atom stereocenters. The molecule has 5 rings (SSSR count). The number of amides is 1. The third kappa shape index (κ3) is 3.05. The van der Waals surface area contributed by atoms with Gasteiger partial charge in [-0.15, -0.1) is 0 Å². The average molecular weight is 420 g/mol. The quantitative estimate of drug-likeness (QED) is 0.782. The van der Waals surface area contributed by atoms with Crippen molar-refractivity contribution in [3.63, 3.8) is 0 Å². The summed E-state index contributed by atoms with van der Waals surface area (Å²) in [7, 11) is 0. The number of nitrogens with one attached hydrogen (secondary N) is 1. The molecule has 0 radical (unpaired) electrons. The summed E-state index contributed by atoms with van der Waals surface area (Å²) in [5, 5.41) is 14.0. The van der Waals surface area contributed by atoms with Crippen molar-refractivity contribution >= 4 is 11.6 Å². The first-order valence-electron chi connectivity index (χ1n) is 11.5. The maximum Gasteiger partial charge on any atom is 0.254 e. The van der Waals surface area contributed by atoms with Gasteiger partial charge < -0.3 is 20.2 Å². The van der Waals surface area contributed by atoms with Gasteiger partial charge in [-0.25, -0.2) is 0 Å².